The van der Waals surface area contributed by atoms with Crippen LogP contribution in [0.25, 0.3) is 0 Å². The van der Waals surface area contributed by atoms with Crippen molar-refractivity contribution in [3.8, 4) is 0 Å². The number of amides is 1. The second-order valence-corrected chi connectivity index (χ2v) is 9.35. The van der Waals surface area contributed by atoms with E-state index in [-0.39, 0.29) is 35.8 Å². The Morgan fingerprint density at radius 1 is 1.03 bits per heavy atom. The van der Waals surface area contributed by atoms with Gasteiger partial charge in [0.1, 0.15) is 5.82 Å². The number of aryl methyl sites for hydroxylation is 1. The number of nitrogens with one attached hydrogen (secondary N) is 1. The van der Waals surface area contributed by atoms with E-state index in [1.807, 2.05) is 0 Å². The van der Waals surface area contributed by atoms with Crippen LogP contribution in [0.15, 0.2) is 48.5 Å². The van der Waals surface area contributed by atoms with Crippen molar-refractivity contribution in [1.29, 1.82) is 0 Å². The Balaban J connectivity index is 0.00000341. The van der Waals surface area contributed by atoms with Gasteiger partial charge >= 0.3 is 0 Å². The van der Waals surface area contributed by atoms with Crippen LogP contribution in [0.3, 0.4) is 0 Å². The summed E-state index contributed by atoms with van der Waals surface area (Å²) in [5.41, 5.74) is 1.94. The van der Waals surface area contributed by atoms with Gasteiger partial charge in [-0.2, -0.15) is 0 Å². The van der Waals surface area contributed by atoms with E-state index in [4.69, 9.17) is 0 Å². The van der Waals surface area contributed by atoms with Crippen molar-refractivity contribution in [1.82, 2.24) is 4.90 Å². The first-order valence-corrected chi connectivity index (χ1v) is 11.7. The number of carbonyl (C=O) groups excluding carboxylic acids is 2. The molecule has 0 bridgehead atoms. The maximum absolute atomic E-state index is 13.0. The number of hydrogen-bond acceptors (Lipinski definition) is 4. The number of Topliss-reactive ketones (excluding diaryl/α,β-unsaturated/α-hetero) is 1. The number of likely N-dealkylation sites (tertiary alicyclic amines) is 1. The highest BCUT2D eigenvalue weighted by Crippen LogP contribution is 2.23. The number of halogens is 2. The molecule has 31 heavy (non-hydrogen) atoms. The molecule has 2 aromatic rings. The quantitative estimate of drug-likeness (QED) is 0.628. The Labute approximate surface area is 188 Å². The van der Waals surface area contributed by atoms with Crippen LogP contribution < -0.4 is 4.72 Å². The minimum absolute atomic E-state index is 0. The summed E-state index contributed by atoms with van der Waals surface area (Å²) >= 11 is 0. The van der Waals surface area contributed by atoms with E-state index in [1.54, 1.807) is 29.2 Å². The van der Waals surface area contributed by atoms with Crippen molar-refractivity contribution < 1.29 is 22.4 Å². The molecular weight excluding hydrogens is 443 g/mol. The normalized spacial score (nSPS) is 14.6. The molecular formula is C22H26ClFN2O4S. The van der Waals surface area contributed by atoms with Crippen LogP contribution in [0.5, 0.6) is 0 Å². The third-order valence-corrected chi connectivity index (χ3v) is 5.84. The second-order valence-electron chi connectivity index (χ2n) is 7.60. The van der Waals surface area contributed by atoms with E-state index in [9.17, 15) is 22.4 Å². The molecule has 0 spiro atoms. The molecule has 1 fully saturated rings. The lowest BCUT2D eigenvalue weighted by atomic mass is 9.88. The van der Waals surface area contributed by atoms with Gasteiger partial charge in [0.05, 0.1) is 6.26 Å². The fourth-order valence-corrected chi connectivity index (χ4v) is 4.17. The number of benzene rings is 2. The monoisotopic (exact) mass is 468 g/mol. The minimum atomic E-state index is -3.31. The molecule has 168 valence electrons. The van der Waals surface area contributed by atoms with Crippen LogP contribution in [0.1, 0.15) is 35.2 Å². The fourth-order valence-electron chi connectivity index (χ4n) is 3.60. The standard InChI is InChI=1S/C22H25FN2O4S.ClH/c1-30(28,29)24-20-9-2-16(3-10-20)4-11-21(26)25-14-12-18(13-15-25)22(27)17-5-7-19(23)8-6-17;/h2-3,5-10,18,24H,4,11-15H2,1H3;1H. The highest BCUT2D eigenvalue weighted by molar-refractivity contribution is 7.92. The average Bonchev–Trinajstić information content (AvgIpc) is 2.72. The number of carbonyl (C=O) groups is 2. The largest absolute Gasteiger partial charge is 0.343 e. The van der Waals surface area contributed by atoms with Gasteiger partial charge in [0.15, 0.2) is 5.78 Å². The van der Waals surface area contributed by atoms with Crippen LogP contribution in [0.4, 0.5) is 10.1 Å². The number of ketones is 1. The third-order valence-electron chi connectivity index (χ3n) is 5.23. The first kappa shape index (κ1) is 24.8. The third kappa shape index (κ3) is 7.33. The van der Waals surface area contributed by atoms with Crippen molar-refractivity contribution >= 4 is 39.8 Å². The summed E-state index contributed by atoms with van der Waals surface area (Å²) in [7, 11) is -3.31. The maximum Gasteiger partial charge on any atom is 0.229 e. The number of nitrogens with zero attached hydrogens (tertiary/aromatic N) is 1. The number of rotatable bonds is 7. The van der Waals surface area contributed by atoms with E-state index in [0.29, 0.717) is 50.0 Å². The molecule has 1 amide bonds. The Bertz CT molecular complexity index is 1000. The molecule has 9 heteroatoms. The van der Waals surface area contributed by atoms with Gasteiger partial charge in [-0.3, -0.25) is 14.3 Å². The highest BCUT2D eigenvalue weighted by Gasteiger charge is 2.27. The number of hydrogen-bond donors (Lipinski definition) is 1. The second kappa shape index (κ2) is 10.7. The average molecular weight is 469 g/mol. The van der Waals surface area contributed by atoms with E-state index < -0.39 is 10.0 Å². The molecule has 0 unspecified atom stereocenters. The lowest BCUT2D eigenvalue weighted by Gasteiger charge is -2.31. The van der Waals surface area contributed by atoms with Gasteiger partial charge in [-0.1, -0.05) is 12.1 Å². The molecule has 6 nitrogen and oxygen atoms in total. The summed E-state index contributed by atoms with van der Waals surface area (Å²) in [6.45, 7) is 1.07. The Kier molecular flexibility index (Phi) is 8.59. The van der Waals surface area contributed by atoms with Gasteiger partial charge in [-0.05, 0) is 61.2 Å². The lowest BCUT2D eigenvalue weighted by Crippen LogP contribution is -2.40. The van der Waals surface area contributed by atoms with Gasteiger partial charge in [-0.25, -0.2) is 12.8 Å². The van der Waals surface area contributed by atoms with E-state index in [0.717, 1.165) is 11.8 Å². The first-order chi connectivity index (χ1) is 14.2. The number of sulfonamides is 1. The van der Waals surface area contributed by atoms with E-state index >= 15 is 0 Å². The highest BCUT2D eigenvalue weighted by atomic mass is 35.5. The summed E-state index contributed by atoms with van der Waals surface area (Å²) in [4.78, 5) is 26.8. The van der Waals surface area contributed by atoms with Crippen LogP contribution >= 0.6 is 12.4 Å². The zero-order valence-corrected chi connectivity index (χ0v) is 18.8. The number of anilines is 1. The van der Waals surface area contributed by atoms with Crippen LogP contribution in [0.2, 0.25) is 0 Å². The van der Waals surface area contributed by atoms with Crippen LogP contribution in [-0.2, 0) is 21.2 Å². The van der Waals surface area contributed by atoms with Crippen LogP contribution in [-0.4, -0.2) is 44.4 Å². The summed E-state index contributed by atoms with van der Waals surface area (Å²) in [6.07, 6.45) is 3.22. The molecule has 0 aliphatic carbocycles. The Morgan fingerprint density at radius 3 is 2.16 bits per heavy atom. The molecule has 3 rings (SSSR count). The zero-order chi connectivity index (χ0) is 21.7. The Morgan fingerprint density at radius 2 is 1.61 bits per heavy atom. The smallest absolute Gasteiger partial charge is 0.229 e. The van der Waals surface area contributed by atoms with Crippen molar-refractivity contribution in [3.05, 3.63) is 65.5 Å². The first-order valence-electron chi connectivity index (χ1n) is 9.85. The van der Waals surface area contributed by atoms with Crippen molar-refractivity contribution in [2.45, 2.75) is 25.7 Å². The predicted octanol–water partition coefficient (Wildman–Crippen LogP) is 3.67. The van der Waals surface area contributed by atoms with Crippen molar-refractivity contribution in [2.75, 3.05) is 24.1 Å². The summed E-state index contributed by atoms with van der Waals surface area (Å²) in [6, 6.07) is 12.5. The van der Waals surface area contributed by atoms with Crippen molar-refractivity contribution in [3.63, 3.8) is 0 Å². The van der Waals surface area contributed by atoms with E-state index in [2.05, 4.69) is 4.72 Å². The molecule has 1 aliphatic heterocycles. The Hall–Kier alpha value is -2.45. The van der Waals surface area contributed by atoms with Gasteiger partial charge in [-0.15, -0.1) is 12.4 Å². The topological polar surface area (TPSA) is 83.6 Å². The molecule has 2 aromatic carbocycles. The molecule has 0 aromatic heterocycles. The SMILES string of the molecule is CS(=O)(=O)Nc1ccc(CCC(=O)N2CCC(C(=O)c3ccc(F)cc3)CC2)cc1.Cl. The van der Waals surface area contributed by atoms with Gasteiger partial charge in [0, 0.05) is 36.7 Å². The van der Waals surface area contributed by atoms with Crippen molar-refractivity contribution in [2.24, 2.45) is 5.92 Å². The zero-order valence-electron chi connectivity index (χ0n) is 17.2. The van der Waals surface area contributed by atoms with E-state index in [1.165, 1.54) is 24.3 Å². The maximum atomic E-state index is 13.0. The summed E-state index contributed by atoms with van der Waals surface area (Å²) < 4.78 is 37.9. The molecule has 1 heterocycles. The molecule has 1 N–H and O–H groups in total. The summed E-state index contributed by atoms with van der Waals surface area (Å²) in [5, 5.41) is 0. The van der Waals surface area contributed by atoms with Gasteiger partial charge in [0.2, 0.25) is 15.9 Å². The lowest BCUT2D eigenvalue weighted by molar-refractivity contribution is -0.132. The molecule has 0 saturated carbocycles. The summed E-state index contributed by atoms with van der Waals surface area (Å²) in [5.74, 6) is -0.464. The predicted molar refractivity (Wildman–Crippen MR) is 121 cm³/mol. The minimum Gasteiger partial charge on any atom is -0.343 e. The van der Waals surface area contributed by atoms with Crippen LogP contribution in [0, 0.1) is 11.7 Å². The number of piperidine rings is 1. The van der Waals surface area contributed by atoms with Gasteiger partial charge in [0.25, 0.3) is 0 Å². The molecule has 1 saturated heterocycles. The molecule has 0 atom stereocenters. The molecule has 1 aliphatic rings. The fraction of sp³-hybridized carbons (Fsp3) is 0.364. The van der Waals surface area contributed by atoms with Gasteiger partial charge < -0.3 is 4.90 Å². The molecule has 0 radical (unpaired) electrons.